The molecule has 0 heterocycles. The van der Waals surface area contributed by atoms with Crippen LogP contribution in [0.2, 0.25) is 5.02 Å². The summed E-state index contributed by atoms with van der Waals surface area (Å²) < 4.78 is 10.4. The number of rotatable bonds is 6. The number of aryl methyl sites for hydroxylation is 2. The number of carbonyl (C=O) groups is 1. The fraction of sp³-hybridized carbons (Fsp3) is 0.562. The molecule has 3 nitrogen and oxygen atoms in total. The Morgan fingerprint density at radius 2 is 2.20 bits per heavy atom. The predicted molar refractivity (Wildman–Crippen MR) is 79.3 cm³/mol. The van der Waals surface area contributed by atoms with Crippen LogP contribution in [0, 0.1) is 18.8 Å². The van der Waals surface area contributed by atoms with E-state index in [1.54, 1.807) is 0 Å². The number of ether oxygens (including phenoxy) is 2. The van der Waals surface area contributed by atoms with Gasteiger partial charge in [0.1, 0.15) is 5.75 Å². The minimum Gasteiger partial charge on any atom is -0.494 e. The van der Waals surface area contributed by atoms with Crippen LogP contribution < -0.4 is 4.74 Å². The zero-order chi connectivity index (χ0) is 14.7. The van der Waals surface area contributed by atoms with E-state index in [9.17, 15) is 4.79 Å². The number of hydrogen-bond acceptors (Lipinski definition) is 3. The quantitative estimate of drug-likeness (QED) is 0.749. The average molecular weight is 297 g/mol. The van der Waals surface area contributed by atoms with Crippen molar-refractivity contribution in [2.45, 2.75) is 33.1 Å². The van der Waals surface area contributed by atoms with Crippen molar-refractivity contribution in [1.82, 2.24) is 0 Å². The standard InChI is InChI=1S/C16H21ClO3/c1-4-20-15-7-10(2)14(17)9-12(15)6-5-11-8-13(11)16(18)19-3/h7,9,11,13H,4-6,8H2,1-3H3. The van der Waals surface area contributed by atoms with Crippen LogP contribution >= 0.6 is 11.6 Å². The highest BCUT2D eigenvalue weighted by Gasteiger charge is 2.43. The summed E-state index contributed by atoms with van der Waals surface area (Å²) in [6.45, 7) is 4.59. The second-order valence-corrected chi connectivity index (χ2v) is 5.71. The first-order valence-corrected chi connectivity index (χ1v) is 7.44. The van der Waals surface area contributed by atoms with Crippen molar-refractivity contribution in [3.8, 4) is 5.75 Å². The Morgan fingerprint density at radius 3 is 2.85 bits per heavy atom. The smallest absolute Gasteiger partial charge is 0.308 e. The van der Waals surface area contributed by atoms with Gasteiger partial charge in [0, 0.05) is 5.02 Å². The van der Waals surface area contributed by atoms with Gasteiger partial charge in [0.05, 0.1) is 19.6 Å². The predicted octanol–water partition coefficient (Wildman–Crippen LogP) is 3.79. The lowest BCUT2D eigenvalue weighted by atomic mass is 10.0. The summed E-state index contributed by atoms with van der Waals surface area (Å²) >= 11 is 6.19. The molecular weight excluding hydrogens is 276 g/mol. The summed E-state index contributed by atoms with van der Waals surface area (Å²) in [5.74, 6) is 1.36. The van der Waals surface area contributed by atoms with Gasteiger partial charge in [-0.2, -0.15) is 0 Å². The normalized spacial score (nSPS) is 20.6. The topological polar surface area (TPSA) is 35.5 Å². The van der Waals surface area contributed by atoms with E-state index in [0.717, 1.165) is 41.2 Å². The lowest BCUT2D eigenvalue weighted by Crippen LogP contribution is -2.05. The molecule has 2 atom stereocenters. The Morgan fingerprint density at radius 1 is 1.45 bits per heavy atom. The van der Waals surface area contributed by atoms with Gasteiger partial charge in [-0.1, -0.05) is 11.6 Å². The van der Waals surface area contributed by atoms with Crippen molar-refractivity contribution >= 4 is 17.6 Å². The Labute approximate surface area is 125 Å². The first-order valence-electron chi connectivity index (χ1n) is 7.06. The minimum absolute atomic E-state index is 0.0815. The fourth-order valence-corrected chi connectivity index (χ4v) is 2.72. The summed E-state index contributed by atoms with van der Waals surface area (Å²) in [6, 6.07) is 3.98. The van der Waals surface area contributed by atoms with E-state index in [0.29, 0.717) is 12.5 Å². The minimum atomic E-state index is -0.0815. The number of carbonyl (C=O) groups excluding carboxylic acids is 1. The number of benzene rings is 1. The third kappa shape index (κ3) is 3.45. The van der Waals surface area contributed by atoms with E-state index in [-0.39, 0.29) is 11.9 Å². The molecule has 0 aromatic heterocycles. The van der Waals surface area contributed by atoms with Gasteiger partial charge in [0.2, 0.25) is 0 Å². The van der Waals surface area contributed by atoms with Gasteiger partial charge in [0.15, 0.2) is 0 Å². The summed E-state index contributed by atoms with van der Waals surface area (Å²) in [5.41, 5.74) is 2.15. The molecule has 0 spiro atoms. The first-order chi connectivity index (χ1) is 9.56. The zero-order valence-corrected chi connectivity index (χ0v) is 13.0. The van der Waals surface area contributed by atoms with E-state index in [1.165, 1.54) is 7.11 Å². The molecule has 0 N–H and O–H groups in total. The summed E-state index contributed by atoms with van der Waals surface area (Å²) in [4.78, 5) is 11.4. The van der Waals surface area contributed by atoms with Crippen LogP contribution in [0.15, 0.2) is 12.1 Å². The summed E-state index contributed by atoms with van der Waals surface area (Å²) in [7, 11) is 1.45. The number of esters is 1. The highest BCUT2D eigenvalue weighted by atomic mass is 35.5. The van der Waals surface area contributed by atoms with Gasteiger partial charge in [-0.3, -0.25) is 4.79 Å². The monoisotopic (exact) mass is 296 g/mol. The second kappa shape index (κ2) is 6.49. The molecule has 0 bridgehead atoms. The molecule has 2 rings (SSSR count). The van der Waals surface area contributed by atoms with Crippen LogP contribution in [0.25, 0.3) is 0 Å². The molecule has 1 aromatic rings. The van der Waals surface area contributed by atoms with E-state index >= 15 is 0 Å². The molecule has 1 aliphatic rings. The van der Waals surface area contributed by atoms with Crippen LogP contribution in [0.5, 0.6) is 5.75 Å². The van der Waals surface area contributed by atoms with Crippen LogP contribution in [0.1, 0.15) is 30.9 Å². The molecule has 1 saturated carbocycles. The van der Waals surface area contributed by atoms with Crippen molar-refractivity contribution in [2.24, 2.45) is 11.8 Å². The lowest BCUT2D eigenvalue weighted by molar-refractivity contribution is -0.142. The zero-order valence-electron chi connectivity index (χ0n) is 12.2. The first kappa shape index (κ1) is 15.2. The highest BCUT2D eigenvalue weighted by molar-refractivity contribution is 6.31. The molecule has 0 aliphatic heterocycles. The van der Waals surface area contributed by atoms with Crippen molar-refractivity contribution in [3.05, 3.63) is 28.3 Å². The van der Waals surface area contributed by atoms with Crippen molar-refractivity contribution in [2.75, 3.05) is 13.7 Å². The van der Waals surface area contributed by atoms with Crippen molar-refractivity contribution in [1.29, 1.82) is 0 Å². The van der Waals surface area contributed by atoms with Crippen LogP contribution in [-0.4, -0.2) is 19.7 Å². The van der Waals surface area contributed by atoms with Gasteiger partial charge in [-0.15, -0.1) is 0 Å². The molecular formula is C16H21ClO3. The number of halogens is 1. The van der Waals surface area contributed by atoms with Crippen molar-refractivity contribution in [3.63, 3.8) is 0 Å². The maximum Gasteiger partial charge on any atom is 0.308 e. The van der Waals surface area contributed by atoms with Crippen LogP contribution in [0.4, 0.5) is 0 Å². The van der Waals surface area contributed by atoms with E-state index in [2.05, 4.69) is 0 Å². The third-order valence-corrected chi connectivity index (χ3v) is 4.26. The Balaban J connectivity index is 1.99. The second-order valence-electron chi connectivity index (χ2n) is 5.31. The molecule has 0 amide bonds. The van der Waals surface area contributed by atoms with Gasteiger partial charge in [-0.05, 0) is 62.3 Å². The third-order valence-electron chi connectivity index (χ3n) is 3.85. The van der Waals surface area contributed by atoms with Gasteiger partial charge >= 0.3 is 5.97 Å². The molecule has 2 unspecified atom stereocenters. The molecule has 1 fully saturated rings. The summed E-state index contributed by atoms with van der Waals surface area (Å²) in [5, 5.41) is 0.767. The van der Waals surface area contributed by atoms with E-state index < -0.39 is 0 Å². The Hall–Kier alpha value is -1.22. The molecule has 110 valence electrons. The average Bonchev–Trinajstić information content (AvgIpc) is 3.20. The van der Waals surface area contributed by atoms with Crippen LogP contribution in [0.3, 0.4) is 0 Å². The fourth-order valence-electron chi connectivity index (χ4n) is 2.53. The van der Waals surface area contributed by atoms with Crippen molar-refractivity contribution < 1.29 is 14.3 Å². The van der Waals surface area contributed by atoms with Gasteiger partial charge < -0.3 is 9.47 Å². The van der Waals surface area contributed by atoms with E-state index in [4.69, 9.17) is 21.1 Å². The molecule has 0 saturated heterocycles. The largest absolute Gasteiger partial charge is 0.494 e. The molecule has 4 heteroatoms. The van der Waals surface area contributed by atoms with Gasteiger partial charge in [-0.25, -0.2) is 0 Å². The van der Waals surface area contributed by atoms with Crippen LogP contribution in [-0.2, 0) is 16.0 Å². The Bertz CT molecular complexity index is 499. The molecule has 1 aliphatic carbocycles. The highest BCUT2D eigenvalue weighted by Crippen LogP contribution is 2.43. The molecule has 1 aromatic carbocycles. The SMILES string of the molecule is CCOc1cc(C)c(Cl)cc1CCC1CC1C(=O)OC. The number of hydrogen-bond donors (Lipinski definition) is 0. The maximum absolute atomic E-state index is 11.4. The molecule has 20 heavy (non-hydrogen) atoms. The maximum atomic E-state index is 11.4. The van der Waals surface area contributed by atoms with E-state index in [1.807, 2.05) is 26.0 Å². The Kier molecular flexibility index (Phi) is 4.92. The summed E-state index contributed by atoms with van der Waals surface area (Å²) in [6.07, 6.45) is 2.79. The van der Waals surface area contributed by atoms with Gasteiger partial charge in [0.25, 0.3) is 0 Å². The lowest BCUT2D eigenvalue weighted by Gasteiger charge is -2.12. The molecule has 0 radical (unpaired) electrons. The number of methoxy groups -OCH3 is 1.